The van der Waals surface area contributed by atoms with Gasteiger partial charge in [-0.25, -0.2) is 0 Å². The number of furan rings is 1. The summed E-state index contributed by atoms with van der Waals surface area (Å²) >= 11 is 0. The van der Waals surface area contributed by atoms with Gasteiger partial charge < -0.3 is 19.8 Å². The summed E-state index contributed by atoms with van der Waals surface area (Å²) in [6, 6.07) is 13.0. The molecule has 0 aliphatic carbocycles. The molecule has 0 bridgehead atoms. The highest BCUT2D eigenvalue weighted by Crippen LogP contribution is 2.26. The van der Waals surface area contributed by atoms with Crippen LogP contribution >= 0.6 is 0 Å². The number of likely N-dealkylation sites (tertiary alicyclic amines) is 1. The van der Waals surface area contributed by atoms with Gasteiger partial charge in [-0.3, -0.25) is 14.8 Å². The second kappa shape index (κ2) is 11.5. The Balaban J connectivity index is 1.34. The van der Waals surface area contributed by atoms with Crippen LogP contribution in [0.25, 0.3) is 0 Å². The van der Waals surface area contributed by atoms with Crippen LogP contribution in [0.3, 0.4) is 0 Å². The predicted molar refractivity (Wildman–Crippen MR) is 128 cm³/mol. The van der Waals surface area contributed by atoms with Crippen molar-refractivity contribution in [2.45, 2.75) is 38.9 Å². The van der Waals surface area contributed by atoms with Crippen LogP contribution in [0, 0.1) is 6.92 Å². The number of aliphatic imine (C=N–C) groups is 1. The topological polar surface area (TPSA) is 65.3 Å². The number of aryl methyl sites for hydroxylation is 1. The molecule has 0 amide bonds. The molecule has 0 spiro atoms. The number of nitrogens with zero attached hydrogens (tertiary/aromatic N) is 3. The summed E-state index contributed by atoms with van der Waals surface area (Å²) < 4.78 is 11.5. The molecule has 3 heterocycles. The third-order valence-electron chi connectivity index (χ3n) is 6.42. The van der Waals surface area contributed by atoms with Crippen LogP contribution in [0.5, 0.6) is 0 Å². The summed E-state index contributed by atoms with van der Waals surface area (Å²) in [5, 5.41) is 7.05. The predicted octanol–water partition coefficient (Wildman–Crippen LogP) is 2.92. The lowest BCUT2D eigenvalue weighted by Gasteiger charge is -2.28. The molecule has 2 fully saturated rings. The maximum atomic E-state index is 5.99. The molecule has 2 aliphatic rings. The highest BCUT2D eigenvalue weighted by atomic mass is 16.5. The van der Waals surface area contributed by atoms with Crippen LogP contribution < -0.4 is 10.6 Å². The van der Waals surface area contributed by atoms with Crippen molar-refractivity contribution in [3.05, 3.63) is 59.0 Å². The Hall–Kier alpha value is -2.35. The SMILES string of the molecule is CN=C(NCc1ccccc1CN1CCOCC1)NCC(c1ccc(C)o1)N1CCCC1. The van der Waals surface area contributed by atoms with Crippen LogP contribution in [-0.2, 0) is 17.8 Å². The monoisotopic (exact) mass is 439 g/mol. The lowest BCUT2D eigenvalue weighted by Crippen LogP contribution is -2.42. The molecule has 2 aliphatic heterocycles. The summed E-state index contributed by atoms with van der Waals surface area (Å²) in [5.41, 5.74) is 2.66. The Morgan fingerprint density at radius 2 is 1.75 bits per heavy atom. The summed E-state index contributed by atoms with van der Waals surface area (Å²) in [4.78, 5) is 9.43. The quantitative estimate of drug-likeness (QED) is 0.487. The van der Waals surface area contributed by atoms with E-state index in [1.165, 1.54) is 24.0 Å². The molecule has 174 valence electrons. The summed E-state index contributed by atoms with van der Waals surface area (Å²) in [6.45, 7) is 10.4. The van der Waals surface area contributed by atoms with Crippen molar-refractivity contribution < 1.29 is 9.15 Å². The molecule has 4 rings (SSSR count). The van der Waals surface area contributed by atoms with Crippen molar-refractivity contribution in [2.75, 3.05) is 53.0 Å². The van der Waals surface area contributed by atoms with Crippen LogP contribution in [-0.4, -0.2) is 68.7 Å². The van der Waals surface area contributed by atoms with E-state index in [0.717, 1.165) is 76.5 Å². The Bertz CT molecular complexity index is 869. The average molecular weight is 440 g/mol. The van der Waals surface area contributed by atoms with Crippen molar-refractivity contribution in [2.24, 2.45) is 4.99 Å². The van der Waals surface area contributed by atoms with Crippen LogP contribution in [0.15, 0.2) is 45.8 Å². The Labute approximate surface area is 191 Å². The molecule has 2 saturated heterocycles. The number of rotatable bonds is 8. The highest BCUT2D eigenvalue weighted by molar-refractivity contribution is 5.79. The van der Waals surface area contributed by atoms with Gasteiger partial charge in [-0.15, -0.1) is 0 Å². The van der Waals surface area contributed by atoms with Crippen molar-refractivity contribution in [3.63, 3.8) is 0 Å². The fraction of sp³-hybridized carbons (Fsp3) is 0.560. The van der Waals surface area contributed by atoms with Crippen molar-refractivity contribution in [1.29, 1.82) is 0 Å². The summed E-state index contributed by atoms with van der Waals surface area (Å²) in [7, 11) is 1.83. The van der Waals surface area contributed by atoms with Gasteiger partial charge in [0.15, 0.2) is 5.96 Å². The molecule has 1 unspecified atom stereocenters. The normalized spacial score (nSPS) is 19.2. The van der Waals surface area contributed by atoms with E-state index in [4.69, 9.17) is 9.15 Å². The number of ether oxygens (including phenoxy) is 1. The van der Waals surface area contributed by atoms with Gasteiger partial charge in [-0.1, -0.05) is 24.3 Å². The third kappa shape index (κ3) is 6.12. The average Bonchev–Trinajstić information content (AvgIpc) is 3.50. The Kier molecular flexibility index (Phi) is 8.20. The molecule has 2 N–H and O–H groups in total. The molecule has 7 nitrogen and oxygen atoms in total. The van der Waals surface area contributed by atoms with Gasteiger partial charge in [-0.2, -0.15) is 0 Å². The molecular formula is C25H37N5O2. The van der Waals surface area contributed by atoms with Gasteiger partial charge in [0, 0.05) is 39.8 Å². The first-order chi connectivity index (χ1) is 15.7. The zero-order valence-corrected chi connectivity index (χ0v) is 19.5. The van der Waals surface area contributed by atoms with E-state index in [-0.39, 0.29) is 6.04 Å². The van der Waals surface area contributed by atoms with Crippen LogP contribution in [0.1, 0.15) is 41.5 Å². The van der Waals surface area contributed by atoms with Crippen LogP contribution in [0.2, 0.25) is 0 Å². The van der Waals surface area contributed by atoms with E-state index < -0.39 is 0 Å². The zero-order valence-electron chi connectivity index (χ0n) is 19.5. The minimum atomic E-state index is 0.221. The lowest BCUT2D eigenvalue weighted by atomic mass is 10.1. The Morgan fingerprint density at radius 3 is 2.44 bits per heavy atom. The van der Waals surface area contributed by atoms with E-state index >= 15 is 0 Å². The number of hydrogen-bond donors (Lipinski definition) is 2. The van der Waals surface area contributed by atoms with Crippen LogP contribution in [0.4, 0.5) is 0 Å². The number of benzene rings is 1. The molecule has 1 aromatic heterocycles. The molecular weight excluding hydrogens is 402 g/mol. The number of nitrogens with one attached hydrogen (secondary N) is 2. The van der Waals surface area contributed by atoms with Gasteiger partial charge in [0.1, 0.15) is 11.5 Å². The van der Waals surface area contributed by atoms with Crippen molar-refractivity contribution >= 4 is 5.96 Å². The fourth-order valence-electron chi connectivity index (χ4n) is 4.57. The molecule has 7 heteroatoms. The van der Waals surface area contributed by atoms with Gasteiger partial charge in [-0.05, 0) is 56.1 Å². The third-order valence-corrected chi connectivity index (χ3v) is 6.42. The molecule has 1 aromatic carbocycles. The van der Waals surface area contributed by atoms with E-state index in [0.29, 0.717) is 0 Å². The van der Waals surface area contributed by atoms with E-state index in [1.54, 1.807) is 0 Å². The first kappa shape index (κ1) is 22.8. The van der Waals surface area contributed by atoms with Gasteiger partial charge >= 0.3 is 0 Å². The Morgan fingerprint density at radius 1 is 1.00 bits per heavy atom. The van der Waals surface area contributed by atoms with E-state index in [1.807, 2.05) is 14.0 Å². The standard InChI is InChI=1S/C25H37N5O2/c1-20-9-10-24(32-20)23(30-11-5-6-12-30)18-28-25(26-2)27-17-21-7-3-4-8-22(21)19-29-13-15-31-16-14-29/h3-4,7-10,23H,5-6,11-19H2,1-2H3,(H2,26,27,28). The highest BCUT2D eigenvalue weighted by Gasteiger charge is 2.26. The molecule has 1 atom stereocenters. The number of hydrogen-bond acceptors (Lipinski definition) is 5. The van der Waals surface area contributed by atoms with Crippen molar-refractivity contribution in [3.8, 4) is 0 Å². The number of morpholine rings is 1. The molecule has 0 radical (unpaired) electrons. The number of guanidine groups is 1. The van der Waals surface area contributed by atoms with Gasteiger partial charge in [0.05, 0.1) is 19.3 Å². The van der Waals surface area contributed by atoms with Gasteiger partial charge in [0.25, 0.3) is 0 Å². The lowest BCUT2D eigenvalue weighted by molar-refractivity contribution is 0.0341. The minimum Gasteiger partial charge on any atom is -0.465 e. The zero-order chi connectivity index (χ0) is 22.2. The minimum absolute atomic E-state index is 0.221. The van der Waals surface area contributed by atoms with E-state index in [9.17, 15) is 0 Å². The fourth-order valence-corrected chi connectivity index (χ4v) is 4.57. The smallest absolute Gasteiger partial charge is 0.191 e. The largest absolute Gasteiger partial charge is 0.465 e. The summed E-state index contributed by atoms with van der Waals surface area (Å²) in [5.74, 6) is 2.81. The second-order valence-electron chi connectivity index (χ2n) is 8.67. The maximum Gasteiger partial charge on any atom is 0.191 e. The maximum absolute atomic E-state index is 5.99. The first-order valence-electron chi connectivity index (χ1n) is 11.8. The van der Waals surface area contributed by atoms with Crippen molar-refractivity contribution in [1.82, 2.24) is 20.4 Å². The second-order valence-corrected chi connectivity index (χ2v) is 8.67. The molecule has 32 heavy (non-hydrogen) atoms. The summed E-state index contributed by atoms with van der Waals surface area (Å²) in [6.07, 6.45) is 2.51. The molecule has 2 aromatic rings. The van der Waals surface area contributed by atoms with E-state index in [2.05, 4.69) is 61.8 Å². The first-order valence-corrected chi connectivity index (χ1v) is 11.8. The van der Waals surface area contributed by atoms with Gasteiger partial charge in [0.2, 0.25) is 0 Å². The molecule has 0 saturated carbocycles.